The second kappa shape index (κ2) is 4.09. The minimum Gasteiger partial charge on any atom is -0.410 e. The zero-order valence-corrected chi connectivity index (χ0v) is 11.8. The van der Waals surface area contributed by atoms with Crippen molar-refractivity contribution in [1.82, 2.24) is 0 Å². The molecule has 0 unspecified atom stereocenters. The highest BCUT2D eigenvalue weighted by atomic mass is 28.4. The Morgan fingerprint density at radius 1 is 1.50 bits per heavy atom. The normalized spacial score (nSPS) is 30.8. The molecule has 0 radical (unpaired) electrons. The van der Waals surface area contributed by atoms with Gasteiger partial charge >= 0.3 is 0 Å². The average molecular weight is 242 g/mol. The molecule has 1 aliphatic rings. The van der Waals surface area contributed by atoms with Crippen molar-refractivity contribution >= 4 is 14.6 Å². The van der Waals surface area contributed by atoms with Crippen LogP contribution in [-0.4, -0.2) is 31.4 Å². The Kier molecular flexibility index (Phi) is 3.48. The lowest BCUT2D eigenvalue weighted by Crippen LogP contribution is -2.44. The lowest BCUT2D eigenvalue weighted by atomic mass is 10.1. The van der Waals surface area contributed by atoms with Gasteiger partial charge in [-0.05, 0) is 24.2 Å². The summed E-state index contributed by atoms with van der Waals surface area (Å²) in [6.45, 7) is 10.8. The summed E-state index contributed by atoms with van der Waals surface area (Å²) in [5.74, 6) is 0. The van der Waals surface area contributed by atoms with Crippen molar-refractivity contribution in [2.24, 2.45) is 0 Å². The van der Waals surface area contributed by atoms with Crippen LogP contribution in [0, 0.1) is 0 Å². The molecule has 0 fully saturated rings. The number of rotatable bonds is 3. The number of aldehydes is 1. The minimum atomic E-state index is -1.82. The summed E-state index contributed by atoms with van der Waals surface area (Å²) in [5.41, 5.74) is -1.31. The molecule has 0 aliphatic heterocycles. The van der Waals surface area contributed by atoms with Crippen LogP contribution in [0.5, 0.6) is 0 Å². The predicted molar refractivity (Wildman–Crippen MR) is 66.8 cm³/mol. The zero-order chi connectivity index (χ0) is 12.6. The Hall–Kier alpha value is -0.453. The molecule has 0 amide bonds. The quantitative estimate of drug-likeness (QED) is 0.469. The maximum absolute atomic E-state index is 10.7. The van der Waals surface area contributed by atoms with Gasteiger partial charge in [-0.15, -0.1) is 0 Å². The molecule has 2 atom stereocenters. The lowest BCUT2D eigenvalue weighted by molar-refractivity contribution is -0.120. The summed E-state index contributed by atoms with van der Waals surface area (Å²) in [7, 11) is -1.82. The molecule has 4 heteroatoms. The fraction of sp³-hybridized carbons (Fsp3) is 0.750. The van der Waals surface area contributed by atoms with E-state index >= 15 is 0 Å². The minimum absolute atomic E-state index is 0.129. The third-order valence-electron chi connectivity index (χ3n) is 3.58. The Balaban J connectivity index is 2.66. The van der Waals surface area contributed by atoms with E-state index in [0.717, 1.165) is 0 Å². The second-order valence-corrected chi connectivity index (χ2v) is 10.8. The van der Waals surface area contributed by atoms with Gasteiger partial charge in [-0.3, -0.25) is 4.79 Å². The highest BCUT2D eigenvalue weighted by Gasteiger charge is 2.41. The molecule has 1 N–H and O–H groups in total. The first kappa shape index (κ1) is 13.6. The SMILES string of the molecule is CC(C)(C)[Si](C)(C)O[C@@H]1C=C[C@@](O)(C=O)C1. The molecule has 0 aromatic carbocycles. The number of carbonyl (C=O) groups excluding carboxylic acids is 1. The number of hydrogen-bond acceptors (Lipinski definition) is 3. The molecule has 0 spiro atoms. The van der Waals surface area contributed by atoms with E-state index in [1.807, 2.05) is 0 Å². The molecule has 0 aromatic rings. The molecule has 92 valence electrons. The molecule has 0 heterocycles. The van der Waals surface area contributed by atoms with Crippen molar-refractivity contribution in [3.8, 4) is 0 Å². The van der Waals surface area contributed by atoms with Gasteiger partial charge in [0.15, 0.2) is 14.6 Å². The average Bonchev–Trinajstić information content (AvgIpc) is 2.46. The molecule has 1 aliphatic carbocycles. The van der Waals surface area contributed by atoms with E-state index in [1.165, 1.54) is 6.08 Å². The van der Waals surface area contributed by atoms with Gasteiger partial charge in [-0.25, -0.2) is 0 Å². The van der Waals surface area contributed by atoms with Crippen LogP contribution in [0.1, 0.15) is 27.2 Å². The van der Waals surface area contributed by atoms with Gasteiger partial charge in [-0.2, -0.15) is 0 Å². The van der Waals surface area contributed by atoms with E-state index in [-0.39, 0.29) is 11.1 Å². The van der Waals surface area contributed by atoms with Crippen molar-refractivity contribution < 1.29 is 14.3 Å². The van der Waals surface area contributed by atoms with Crippen molar-refractivity contribution in [1.29, 1.82) is 0 Å². The monoisotopic (exact) mass is 242 g/mol. The van der Waals surface area contributed by atoms with Crippen LogP contribution in [0.4, 0.5) is 0 Å². The molecule has 1 rings (SSSR count). The van der Waals surface area contributed by atoms with Gasteiger partial charge in [0.2, 0.25) is 0 Å². The fourth-order valence-corrected chi connectivity index (χ4v) is 2.73. The smallest absolute Gasteiger partial charge is 0.192 e. The summed E-state index contributed by atoms with van der Waals surface area (Å²) in [6, 6.07) is 0. The van der Waals surface area contributed by atoms with E-state index in [1.54, 1.807) is 6.08 Å². The van der Waals surface area contributed by atoms with Gasteiger partial charge in [0, 0.05) is 6.42 Å². The first-order valence-corrected chi connectivity index (χ1v) is 8.56. The van der Waals surface area contributed by atoms with E-state index in [2.05, 4.69) is 33.9 Å². The van der Waals surface area contributed by atoms with Gasteiger partial charge in [0.25, 0.3) is 0 Å². The fourth-order valence-electron chi connectivity index (χ4n) is 1.46. The van der Waals surface area contributed by atoms with E-state index in [0.29, 0.717) is 12.7 Å². The van der Waals surface area contributed by atoms with Crippen molar-refractivity contribution in [3.05, 3.63) is 12.2 Å². The van der Waals surface area contributed by atoms with Crippen LogP contribution < -0.4 is 0 Å². The zero-order valence-electron chi connectivity index (χ0n) is 10.8. The maximum atomic E-state index is 10.7. The maximum Gasteiger partial charge on any atom is 0.192 e. The molecular weight excluding hydrogens is 220 g/mol. The third kappa shape index (κ3) is 2.81. The largest absolute Gasteiger partial charge is 0.410 e. The first-order valence-electron chi connectivity index (χ1n) is 5.65. The Labute approximate surface area is 98.6 Å². The number of aliphatic hydroxyl groups is 1. The van der Waals surface area contributed by atoms with Crippen LogP contribution in [0.2, 0.25) is 18.1 Å². The molecular formula is C12H22O3Si. The predicted octanol–water partition coefficient (Wildman–Crippen LogP) is 2.27. The summed E-state index contributed by atoms with van der Waals surface area (Å²) in [4.78, 5) is 10.7. The second-order valence-electron chi connectivity index (χ2n) is 6.09. The number of hydrogen-bond donors (Lipinski definition) is 1. The third-order valence-corrected chi connectivity index (χ3v) is 8.09. The van der Waals surface area contributed by atoms with Crippen LogP contribution in [0.3, 0.4) is 0 Å². The number of carbonyl (C=O) groups is 1. The van der Waals surface area contributed by atoms with Crippen molar-refractivity contribution in [3.63, 3.8) is 0 Å². The lowest BCUT2D eigenvalue weighted by Gasteiger charge is -2.38. The highest BCUT2D eigenvalue weighted by molar-refractivity contribution is 6.74. The molecule has 0 aromatic heterocycles. The summed E-state index contributed by atoms with van der Waals surface area (Å²) < 4.78 is 6.09. The van der Waals surface area contributed by atoms with Gasteiger partial charge in [0.1, 0.15) is 5.60 Å². The molecule has 3 nitrogen and oxygen atoms in total. The van der Waals surface area contributed by atoms with E-state index in [9.17, 15) is 9.90 Å². The summed E-state index contributed by atoms with van der Waals surface area (Å²) in [5, 5.41) is 9.89. The molecule has 0 bridgehead atoms. The highest BCUT2D eigenvalue weighted by Crippen LogP contribution is 2.39. The Bertz CT molecular complexity index is 304. The van der Waals surface area contributed by atoms with Gasteiger partial charge < -0.3 is 9.53 Å². The molecule has 0 saturated carbocycles. The van der Waals surface area contributed by atoms with Crippen molar-refractivity contribution in [2.45, 2.75) is 57.0 Å². The molecule has 0 saturated heterocycles. The summed E-state index contributed by atoms with van der Waals surface area (Å²) in [6.07, 6.45) is 4.14. The standard InChI is InChI=1S/C12H22O3Si/c1-11(2,3)16(4,5)15-10-6-7-12(14,8-10)9-13/h6-7,9-10,14H,8H2,1-5H3/t10-,12+/m1/s1. The van der Waals surface area contributed by atoms with Gasteiger partial charge in [-0.1, -0.05) is 26.8 Å². The molecule has 16 heavy (non-hydrogen) atoms. The Morgan fingerprint density at radius 2 is 2.06 bits per heavy atom. The van der Waals surface area contributed by atoms with E-state index in [4.69, 9.17) is 4.43 Å². The van der Waals surface area contributed by atoms with Crippen LogP contribution >= 0.6 is 0 Å². The van der Waals surface area contributed by atoms with Crippen LogP contribution in [0.25, 0.3) is 0 Å². The first-order chi connectivity index (χ1) is 7.10. The van der Waals surface area contributed by atoms with Crippen molar-refractivity contribution in [2.75, 3.05) is 0 Å². The van der Waals surface area contributed by atoms with Gasteiger partial charge in [0.05, 0.1) is 6.10 Å². The Morgan fingerprint density at radius 3 is 2.44 bits per heavy atom. The summed E-state index contributed by atoms with van der Waals surface area (Å²) >= 11 is 0. The van der Waals surface area contributed by atoms with E-state index < -0.39 is 13.9 Å². The topological polar surface area (TPSA) is 46.5 Å². The van der Waals surface area contributed by atoms with Crippen LogP contribution in [-0.2, 0) is 9.22 Å². The van der Waals surface area contributed by atoms with Crippen LogP contribution in [0.15, 0.2) is 12.2 Å².